The maximum atomic E-state index is 14.2. The van der Waals surface area contributed by atoms with Crippen molar-refractivity contribution >= 4 is 0 Å². The van der Waals surface area contributed by atoms with E-state index in [-0.39, 0.29) is 18.0 Å². The molecule has 1 rings (SSSR count). The zero-order valence-corrected chi connectivity index (χ0v) is 12.2. The monoisotopic (exact) mass is 269 g/mol. The van der Waals surface area contributed by atoms with Gasteiger partial charge in [0, 0.05) is 18.7 Å². The summed E-state index contributed by atoms with van der Waals surface area (Å²) in [5.74, 6) is 0.268. The predicted octanol–water partition coefficient (Wildman–Crippen LogP) is 3.30. The molecule has 19 heavy (non-hydrogen) atoms. The lowest BCUT2D eigenvalue weighted by Gasteiger charge is -2.27. The topological polar surface area (TPSA) is 30.5 Å². The molecular weight excluding hydrogens is 245 g/mol. The molecular formula is C15H24FNO2. The Morgan fingerprint density at radius 3 is 2.47 bits per heavy atom. The Balaban J connectivity index is 3.03. The minimum atomic E-state index is -0.261. The molecule has 0 aliphatic heterocycles. The molecule has 3 nitrogen and oxygen atoms in total. The van der Waals surface area contributed by atoms with E-state index in [0.29, 0.717) is 11.3 Å². The van der Waals surface area contributed by atoms with Crippen molar-refractivity contribution in [1.82, 2.24) is 5.32 Å². The van der Waals surface area contributed by atoms with Crippen LogP contribution < -0.4 is 10.1 Å². The summed E-state index contributed by atoms with van der Waals surface area (Å²) in [5, 5.41) is 3.31. The van der Waals surface area contributed by atoms with E-state index in [9.17, 15) is 4.39 Å². The number of benzene rings is 1. The molecule has 108 valence electrons. The van der Waals surface area contributed by atoms with Crippen LogP contribution in [0, 0.1) is 5.82 Å². The van der Waals surface area contributed by atoms with Crippen LogP contribution >= 0.6 is 0 Å². The van der Waals surface area contributed by atoms with Gasteiger partial charge in [0.15, 0.2) is 0 Å². The van der Waals surface area contributed by atoms with Gasteiger partial charge in [0.25, 0.3) is 0 Å². The summed E-state index contributed by atoms with van der Waals surface area (Å²) in [6, 6.07) is 4.82. The van der Waals surface area contributed by atoms with Gasteiger partial charge in [0.2, 0.25) is 0 Å². The van der Waals surface area contributed by atoms with Gasteiger partial charge >= 0.3 is 0 Å². The molecule has 0 fully saturated rings. The molecule has 4 heteroatoms. The van der Waals surface area contributed by atoms with E-state index in [1.54, 1.807) is 19.2 Å². The number of ether oxygens (including phenoxy) is 2. The van der Waals surface area contributed by atoms with Crippen molar-refractivity contribution in [2.24, 2.45) is 0 Å². The normalized spacial score (nSPS) is 14.2. The van der Waals surface area contributed by atoms with Crippen molar-refractivity contribution < 1.29 is 13.9 Å². The fourth-order valence-corrected chi connectivity index (χ4v) is 2.25. The summed E-state index contributed by atoms with van der Waals surface area (Å²) < 4.78 is 24.7. The van der Waals surface area contributed by atoms with Crippen LogP contribution in [0.15, 0.2) is 18.2 Å². The summed E-state index contributed by atoms with van der Waals surface area (Å²) in [7, 11) is 3.21. The zero-order chi connectivity index (χ0) is 14.3. The summed E-state index contributed by atoms with van der Waals surface area (Å²) >= 11 is 0. The second-order valence-electron chi connectivity index (χ2n) is 4.49. The van der Waals surface area contributed by atoms with Gasteiger partial charge in [-0.1, -0.05) is 26.3 Å². The Bertz CT molecular complexity index is 384. The highest BCUT2D eigenvalue weighted by molar-refractivity contribution is 5.31. The molecule has 0 aliphatic rings. The maximum Gasteiger partial charge on any atom is 0.131 e. The number of hydrogen-bond acceptors (Lipinski definition) is 3. The first kappa shape index (κ1) is 15.9. The molecule has 1 aromatic rings. The van der Waals surface area contributed by atoms with Crippen LogP contribution in [0.4, 0.5) is 4.39 Å². The predicted molar refractivity (Wildman–Crippen MR) is 75.1 cm³/mol. The Morgan fingerprint density at radius 1 is 1.26 bits per heavy atom. The highest BCUT2D eigenvalue weighted by atomic mass is 19.1. The van der Waals surface area contributed by atoms with Crippen molar-refractivity contribution in [1.29, 1.82) is 0 Å². The number of likely N-dealkylation sites (N-methyl/N-ethyl adjacent to an activating group) is 1. The third kappa shape index (κ3) is 4.18. The molecule has 0 aliphatic carbocycles. The van der Waals surface area contributed by atoms with E-state index < -0.39 is 0 Å². The van der Waals surface area contributed by atoms with E-state index in [0.717, 1.165) is 19.4 Å². The molecule has 0 amide bonds. The molecule has 1 aromatic carbocycles. The highest BCUT2D eigenvalue weighted by Crippen LogP contribution is 2.27. The Morgan fingerprint density at radius 2 is 2.00 bits per heavy atom. The average molecular weight is 269 g/mol. The van der Waals surface area contributed by atoms with Crippen molar-refractivity contribution in [3.63, 3.8) is 0 Å². The Labute approximate surface area is 115 Å². The molecule has 1 N–H and O–H groups in total. The SMILES string of the molecule is CCCC(OC)C(NCC)c1ccc(OC)cc1F. The van der Waals surface area contributed by atoms with Crippen LogP contribution in [0.25, 0.3) is 0 Å². The lowest BCUT2D eigenvalue weighted by atomic mass is 9.97. The summed E-state index contributed by atoms with van der Waals surface area (Å²) in [4.78, 5) is 0. The minimum absolute atomic E-state index is 0.0344. The lowest BCUT2D eigenvalue weighted by Crippen LogP contribution is -2.34. The van der Waals surface area contributed by atoms with Crippen LogP contribution in [-0.4, -0.2) is 26.9 Å². The average Bonchev–Trinajstić information content (AvgIpc) is 2.43. The van der Waals surface area contributed by atoms with Gasteiger partial charge in [-0.05, 0) is 19.0 Å². The van der Waals surface area contributed by atoms with Gasteiger partial charge < -0.3 is 14.8 Å². The van der Waals surface area contributed by atoms with Gasteiger partial charge in [-0.25, -0.2) is 4.39 Å². The number of hydrogen-bond donors (Lipinski definition) is 1. The van der Waals surface area contributed by atoms with Crippen LogP contribution in [0.3, 0.4) is 0 Å². The second-order valence-corrected chi connectivity index (χ2v) is 4.49. The second kappa shape index (κ2) is 8.12. The van der Waals surface area contributed by atoms with Gasteiger partial charge in [-0.3, -0.25) is 0 Å². The summed E-state index contributed by atoms with van der Waals surface area (Å²) in [6.45, 7) is 4.87. The molecule has 0 saturated heterocycles. The van der Waals surface area contributed by atoms with E-state index in [4.69, 9.17) is 9.47 Å². The molecule has 0 bridgehead atoms. The number of methoxy groups -OCH3 is 2. The fraction of sp³-hybridized carbons (Fsp3) is 0.600. The van der Waals surface area contributed by atoms with E-state index in [2.05, 4.69) is 12.2 Å². The van der Waals surface area contributed by atoms with E-state index >= 15 is 0 Å². The molecule has 2 unspecified atom stereocenters. The van der Waals surface area contributed by atoms with Crippen molar-refractivity contribution in [3.05, 3.63) is 29.6 Å². The molecule has 0 radical (unpaired) electrons. The fourth-order valence-electron chi connectivity index (χ4n) is 2.25. The zero-order valence-electron chi connectivity index (χ0n) is 12.2. The first-order valence-electron chi connectivity index (χ1n) is 6.77. The first-order valence-corrected chi connectivity index (χ1v) is 6.77. The number of halogens is 1. The molecule has 0 saturated carbocycles. The third-order valence-corrected chi connectivity index (χ3v) is 3.21. The Kier molecular flexibility index (Phi) is 6.81. The van der Waals surface area contributed by atoms with Crippen molar-refractivity contribution in [2.75, 3.05) is 20.8 Å². The van der Waals surface area contributed by atoms with Crippen molar-refractivity contribution in [3.8, 4) is 5.75 Å². The molecule has 0 heterocycles. The molecule has 2 atom stereocenters. The quantitative estimate of drug-likeness (QED) is 0.785. The van der Waals surface area contributed by atoms with Crippen LogP contribution in [0.2, 0.25) is 0 Å². The maximum absolute atomic E-state index is 14.2. The molecule has 0 spiro atoms. The van der Waals surface area contributed by atoms with Gasteiger partial charge in [-0.2, -0.15) is 0 Å². The third-order valence-electron chi connectivity index (χ3n) is 3.21. The summed E-state index contributed by atoms with van der Waals surface area (Å²) in [6.07, 6.45) is 1.85. The number of rotatable bonds is 8. The van der Waals surface area contributed by atoms with Gasteiger partial charge in [-0.15, -0.1) is 0 Å². The van der Waals surface area contributed by atoms with E-state index in [1.165, 1.54) is 13.2 Å². The molecule has 0 aromatic heterocycles. The standard InChI is InChI=1S/C15H24FNO2/c1-5-7-14(19-4)15(17-6-2)12-9-8-11(18-3)10-13(12)16/h8-10,14-15,17H,5-7H2,1-4H3. The first-order chi connectivity index (χ1) is 9.17. The van der Waals surface area contributed by atoms with Crippen LogP contribution in [0.5, 0.6) is 5.75 Å². The van der Waals surface area contributed by atoms with Crippen LogP contribution in [-0.2, 0) is 4.74 Å². The minimum Gasteiger partial charge on any atom is -0.497 e. The van der Waals surface area contributed by atoms with Gasteiger partial charge in [0.05, 0.1) is 19.3 Å². The number of nitrogens with one attached hydrogen (secondary N) is 1. The van der Waals surface area contributed by atoms with Gasteiger partial charge in [0.1, 0.15) is 11.6 Å². The highest BCUT2D eigenvalue weighted by Gasteiger charge is 2.24. The Hall–Kier alpha value is -1.13. The smallest absolute Gasteiger partial charge is 0.131 e. The van der Waals surface area contributed by atoms with E-state index in [1.807, 2.05) is 6.92 Å². The lowest BCUT2D eigenvalue weighted by molar-refractivity contribution is 0.0599. The largest absolute Gasteiger partial charge is 0.497 e. The summed E-state index contributed by atoms with van der Waals surface area (Å²) in [5.41, 5.74) is 0.628. The van der Waals surface area contributed by atoms with Crippen LogP contribution in [0.1, 0.15) is 38.3 Å². The van der Waals surface area contributed by atoms with Crippen molar-refractivity contribution in [2.45, 2.75) is 38.8 Å².